The molecule has 2 amide bonds. The monoisotopic (exact) mass is 560 g/mol. The number of aliphatic hydroxyl groups excluding tert-OH is 2. The maximum absolute atomic E-state index is 12.0. The van der Waals surface area contributed by atoms with Crippen LogP contribution in [0.5, 0.6) is 0 Å². The number of carbonyl (C=O) groups is 6. The first kappa shape index (κ1) is 31.4. The van der Waals surface area contributed by atoms with Gasteiger partial charge in [0.25, 0.3) is 0 Å². The Hall–Kier alpha value is -4.82. The van der Waals surface area contributed by atoms with Crippen molar-refractivity contribution in [1.82, 2.24) is 0 Å². The molecule has 0 spiro atoms. The second-order valence-electron chi connectivity index (χ2n) is 7.87. The fourth-order valence-corrected chi connectivity index (χ4v) is 2.86. The molecular weight excluding hydrogens is 532 g/mol. The van der Waals surface area contributed by atoms with Gasteiger partial charge in [0.1, 0.15) is 13.2 Å². The van der Waals surface area contributed by atoms with Gasteiger partial charge in [-0.1, -0.05) is 0 Å². The molecule has 0 fully saturated rings. The first-order chi connectivity index (χ1) is 19.2. The summed E-state index contributed by atoms with van der Waals surface area (Å²) in [6.07, 6.45) is 0.708. The fourth-order valence-electron chi connectivity index (χ4n) is 2.86. The molecule has 0 saturated heterocycles. The number of hydrogen-bond acceptors (Lipinski definition) is 12. The van der Waals surface area contributed by atoms with Gasteiger partial charge in [-0.05, 0) is 61.4 Å². The fraction of sp³-hybridized carbons (Fsp3) is 0.308. The summed E-state index contributed by atoms with van der Waals surface area (Å²) < 4.78 is 19.6. The Morgan fingerprint density at radius 2 is 0.900 bits per heavy atom. The molecule has 40 heavy (non-hydrogen) atoms. The molecule has 4 N–H and O–H groups in total. The van der Waals surface area contributed by atoms with Crippen molar-refractivity contribution in [2.75, 3.05) is 50.3 Å². The van der Waals surface area contributed by atoms with E-state index in [4.69, 9.17) is 29.2 Å². The predicted molar refractivity (Wildman–Crippen MR) is 136 cm³/mol. The zero-order valence-corrected chi connectivity index (χ0v) is 21.3. The standard InChI is InChI=1S/C26H28N2O12/c29-13-21(31)27-19-7-3-17(4-8-19)25(35)39-15-23(33)37-11-1-2-12-38-24(34)16-40-26(36)18-5-9-20(10-6-18)28-22(32)14-30/h3-10,29-30H,1-2,11-16H2,(H,27,31)(H,28,32). The highest BCUT2D eigenvalue weighted by Gasteiger charge is 2.13. The molecule has 0 bridgehead atoms. The lowest BCUT2D eigenvalue weighted by Crippen LogP contribution is -2.18. The number of ether oxygens (including phenoxy) is 4. The van der Waals surface area contributed by atoms with Crippen LogP contribution in [-0.4, -0.2) is 85.5 Å². The molecular formula is C26H28N2O12. The highest BCUT2D eigenvalue weighted by atomic mass is 16.6. The summed E-state index contributed by atoms with van der Waals surface area (Å²) in [4.78, 5) is 69.7. The SMILES string of the molecule is O=C(CO)Nc1ccc(C(=O)OCC(=O)OCCCCOC(=O)COC(=O)c2ccc(NC(=O)CO)cc2)cc1. The Morgan fingerprint density at radius 3 is 1.23 bits per heavy atom. The summed E-state index contributed by atoms with van der Waals surface area (Å²) in [6.45, 7) is -2.58. The second-order valence-corrected chi connectivity index (χ2v) is 7.87. The van der Waals surface area contributed by atoms with Crippen LogP contribution in [0.15, 0.2) is 48.5 Å². The van der Waals surface area contributed by atoms with Gasteiger partial charge in [0.15, 0.2) is 13.2 Å². The van der Waals surface area contributed by atoms with Crippen molar-refractivity contribution in [3.8, 4) is 0 Å². The maximum atomic E-state index is 12.0. The van der Waals surface area contributed by atoms with Crippen molar-refractivity contribution in [3.63, 3.8) is 0 Å². The first-order valence-corrected chi connectivity index (χ1v) is 11.9. The maximum Gasteiger partial charge on any atom is 0.344 e. The Bertz CT molecular complexity index is 1090. The van der Waals surface area contributed by atoms with E-state index in [0.29, 0.717) is 24.2 Å². The van der Waals surface area contributed by atoms with Crippen LogP contribution in [0, 0.1) is 0 Å². The summed E-state index contributed by atoms with van der Waals surface area (Å²) in [5.41, 5.74) is 1.03. The molecule has 0 atom stereocenters. The van der Waals surface area contributed by atoms with Gasteiger partial charge >= 0.3 is 23.9 Å². The van der Waals surface area contributed by atoms with E-state index in [1.165, 1.54) is 48.5 Å². The lowest BCUT2D eigenvalue weighted by Gasteiger charge is -2.08. The molecule has 2 aromatic rings. The summed E-state index contributed by atoms with van der Waals surface area (Å²) in [5, 5.41) is 22.2. The van der Waals surface area contributed by atoms with Crippen LogP contribution in [-0.2, 0) is 38.1 Å². The molecule has 14 heteroatoms. The quantitative estimate of drug-likeness (QED) is 0.133. The largest absolute Gasteiger partial charge is 0.463 e. The smallest absolute Gasteiger partial charge is 0.344 e. The average molecular weight is 561 g/mol. The van der Waals surface area contributed by atoms with Gasteiger partial charge < -0.3 is 39.8 Å². The van der Waals surface area contributed by atoms with Crippen LogP contribution in [0.1, 0.15) is 33.6 Å². The number of rotatable bonds is 15. The molecule has 0 heterocycles. The van der Waals surface area contributed by atoms with Gasteiger partial charge in [-0.2, -0.15) is 0 Å². The molecule has 0 unspecified atom stereocenters. The van der Waals surface area contributed by atoms with Gasteiger partial charge in [-0.3, -0.25) is 9.59 Å². The van der Waals surface area contributed by atoms with Crippen LogP contribution >= 0.6 is 0 Å². The van der Waals surface area contributed by atoms with Gasteiger partial charge in [-0.15, -0.1) is 0 Å². The molecule has 214 valence electrons. The lowest BCUT2D eigenvalue weighted by atomic mass is 10.2. The van der Waals surface area contributed by atoms with Crippen molar-refractivity contribution in [2.45, 2.75) is 12.8 Å². The van der Waals surface area contributed by atoms with E-state index in [9.17, 15) is 28.8 Å². The molecule has 0 aliphatic carbocycles. The number of hydrogen-bond donors (Lipinski definition) is 4. The normalized spacial score (nSPS) is 10.2. The van der Waals surface area contributed by atoms with Crippen molar-refractivity contribution in [3.05, 3.63) is 59.7 Å². The topological polar surface area (TPSA) is 204 Å². The summed E-state index contributed by atoms with van der Waals surface area (Å²) in [6, 6.07) is 11.2. The lowest BCUT2D eigenvalue weighted by molar-refractivity contribution is -0.149. The minimum Gasteiger partial charge on any atom is -0.463 e. The number of aliphatic hydroxyl groups is 2. The molecule has 0 saturated carbocycles. The van der Waals surface area contributed by atoms with E-state index in [1.54, 1.807) is 0 Å². The van der Waals surface area contributed by atoms with E-state index >= 15 is 0 Å². The minimum absolute atomic E-state index is 0.00305. The number of amides is 2. The highest BCUT2D eigenvalue weighted by Crippen LogP contribution is 2.12. The van der Waals surface area contributed by atoms with Crippen LogP contribution in [0.4, 0.5) is 11.4 Å². The van der Waals surface area contributed by atoms with Crippen LogP contribution in [0.25, 0.3) is 0 Å². The van der Waals surface area contributed by atoms with Crippen LogP contribution in [0.2, 0.25) is 0 Å². The Labute approximate surface area is 228 Å². The zero-order chi connectivity index (χ0) is 29.3. The molecule has 14 nitrogen and oxygen atoms in total. The van der Waals surface area contributed by atoms with E-state index in [-0.39, 0.29) is 24.3 Å². The highest BCUT2D eigenvalue weighted by molar-refractivity contribution is 5.95. The number of esters is 4. The third-order valence-corrected chi connectivity index (χ3v) is 4.80. The van der Waals surface area contributed by atoms with Crippen molar-refractivity contribution in [1.29, 1.82) is 0 Å². The molecule has 2 aromatic carbocycles. The van der Waals surface area contributed by atoms with Gasteiger partial charge in [0.2, 0.25) is 11.8 Å². The Balaban J connectivity index is 1.54. The summed E-state index contributed by atoms with van der Waals surface area (Å²) >= 11 is 0. The number of unbranched alkanes of at least 4 members (excludes halogenated alkanes) is 1. The third-order valence-electron chi connectivity index (χ3n) is 4.80. The van der Waals surface area contributed by atoms with Crippen molar-refractivity contribution >= 4 is 47.1 Å². The average Bonchev–Trinajstić information content (AvgIpc) is 2.96. The number of nitrogens with one attached hydrogen (secondary N) is 2. The van der Waals surface area contributed by atoms with Crippen LogP contribution in [0.3, 0.4) is 0 Å². The zero-order valence-electron chi connectivity index (χ0n) is 21.3. The summed E-state index contributed by atoms with van der Waals surface area (Å²) in [7, 11) is 0. The third kappa shape index (κ3) is 11.7. The van der Waals surface area contributed by atoms with E-state index in [1.807, 2.05) is 0 Å². The van der Waals surface area contributed by atoms with Crippen LogP contribution < -0.4 is 10.6 Å². The van der Waals surface area contributed by atoms with E-state index < -0.39 is 62.1 Å². The molecule has 0 aliphatic rings. The molecule has 2 rings (SSSR count). The number of carbonyl (C=O) groups excluding carboxylic acids is 6. The molecule has 0 radical (unpaired) electrons. The second kappa shape index (κ2) is 16.9. The molecule has 0 aliphatic heterocycles. The Morgan fingerprint density at radius 1 is 0.550 bits per heavy atom. The predicted octanol–water partition coefficient (Wildman–Crippen LogP) is 0.429. The minimum atomic E-state index is -0.770. The van der Waals surface area contributed by atoms with Gasteiger partial charge in [-0.25, -0.2) is 19.2 Å². The number of anilines is 2. The molecule has 0 aromatic heterocycles. The number of benzene rings is 2. The van der Waals surface area contributed by atoms with Crippen molar-refractivity contribution < 1.29 is 57.9 Å². The first-order valence-electron chi connectivity index (χ1n) is 11.9. The van der Waals surface area contributed by atoms with E-state index in [2.05, 4.69) is 10.6 Å². The van der Waals surface area contributed by atoms with Gasteiger partial charge in [0.05, 0.1) is 24.3 Å². The van der Waals surface area contributed by atoms with Crippen molar-refractivity contribution in [2.24, 2.45) is 0 Å². The Kier molecular flexibility index (Phi) is 13.3. The van der Waals surface area contributed by atoms with E-state index in [0.717, 1.165) is 0 Å². The van der Waals surface area contributed by atoms with Gasteiger partial charge in [0, 0.05) is 11.4 Å². The summed E-state index contributed by atoms with van der Waals surface area (Å²) in [5.74, 6) is -4.29.